The molecule has 3 atom stereocenters. The highest BCUT2D eigenvalue weighted by Crippen LogP contribution is 2.39. The average molecular weight is 656 g/mol. The van der Waals surface area contributed by atoms with Gasteiger partial charge in [0.1, 0.15) is 19.0 Å². The number of benzene rings is 4. The fraction of sp³-hybridized carbons (Fsp3) is 0.282. The van der Waals surface area contributed by atoms with Crippen LogP contribution in [0.15, 0.2) is 82.8 Å². The molecule has 4 aromatic rings. The van der Waals surface area contributed by atoms with E-state index in [4.69, 9.17) is 29.9 Å². The van der Waals surface area contributed by atoms with Gasteiger partial charge in [-0.05, 0) is 59.7 Å². The largest absolute Gasteiger partial charge is 0.493 e. The smallest absolute Gasteiger partial charge is 0.257 e. The van der Waals surface area contributed by atoms with Gasteiger partial charge in [0, 0.05) is 37.7 Å². The van der Waals surface area contributed by atoms with E-state index in [0.29, 0.717) is 52.8 Å². The minimum Gasteiger partial charge on any atom is -0.493 e. The van der Waals surface area contributed by atoms with Crippen LogP contribution in [0.5, 0.6) is 17.2 Å². The molecule has 4 aromatic carbocycles. The topological polar surface area (TPSA) is 119 Å². The number of hydrogen-bond donors (Lipinski definition) is 1. The highest BCUT2D eigenvalue weighted by Gasteiger charge is 2.34. The van der Waals surface area contributed by atoms with Crippen LogP contribution in [0, 0.1) is 6.92 Å². The molecular weight excluding hydrogens is 618 g/mol. The quantitative estimate of drug-likeness (QED) is 0.287. The summed E-state index contributed by atoms with van der Waals surface area (Å²) in [7, 11) is 1.54. The van der Waals surface area contributed by atoms with Crippen LogP contribution in [-0.2, 0) is 25.9 Å². The van der Waals surface area contributed by atoms with Gasteiger partial charge in [-0.1, -0.05) is 48.5 Å². The maximum absolute atomic E-state index is 13.7. The van der Waals surface area contributed by atoms with Gasteiger partial charge >= 0.3 is 0 Å². The number of hydrogen-bond acceptors (Lipinski definition) is 8. The lowest BCUT2D eigenvalue weighted by molar-refractivity contribution is 0.0696. The zero-order valence-corrected chi connectivity index (χ0v) is 27.5. The van der Waals surface area contributed by atoms with Crippen LogP contribution in [0.4, 0.5) is 11.4 Å². The molecule has 0 saturated carbocycles. The van der Waals surface area contributed by atoms with Gasteiger partial charge in [0.05, 0.1) is 47.7 Å². The van der Waals surface area contributed by atoms with Crippen LogP contribution >= 0.6 is 0 Å². The SMILES string of the molecule is COc1cc2c(cc1OCC(N)COc1cc3c(cc1C)C(=O)N1Cc4ccccc4C[C@H]1C=N3)N=C[C@@H]1Cc3ccccc3CN1C2=O. The number of rotatable bonds is 7. The molecule has 10 nitrogen and oxygen atoms in total. The number of aryl methyl sites for hydroxylation is 1. The van der Waals surface area contributed by atoms with Crippen molar-refractivity contribution in [2.75, 3.05) is 20.3 Å². The molecule has 4 aliphatic rings. The first-order chi connectivity index (χ1) is 23.9. The number of carbonyl (C=O) groups excluding carboxylic acids is 2. The third kappa shape index (κ3) is 5.72. The maximum atomic E-state index is 13.7. The highest BCUT2D eigenvalue weighted by molar-refractivity contribution is 6.04. The van der Waals surface area contributed by atoms with Gasteiger partial charge in [-0.2, -0.15) is 0 Å². The summed E-state index contributed by atoms with van der Waals surface area (Å²) in [6.07, 6.45) is 5.17. The number of ether oxygens (including phenoxy) is 3. The van der Waals surface area contributed by atoms with Crippen molar-refractivity contribution in [2.24, 2.45) is 15.7 Å². The highest BCUT2D eigenvalue weighted by atomic mass is 16.5. The van der Waals surface area contributed by atoms with E-state index >= 15 is 0 Å². The van der Waals surface area contributed by atoms with Crippen LogP contribution < -0.4 is 19.9 Å². The number of nitrogens with zero attached hydrogens (tertiary/aromatic N) is 4. The molecule has 0 aromatic heterocycles. The summed E-state index contributed by atoms with van der Waals surface area (Å²) in [5, 5.41) is 0. The van der Waals surface area contributed by atoms with Crippen molar-refractivity contribution in [2.45, 2.75) is 51.0 Å². The van der Waals surface area contributed by atoms with Crippen LogP contribution in [0.3, 0.4) is 0 Å². The summed E-state index contributed by atoms with van der Waals surface area (Å²) in [6.45, 7) is 3.30. The van der Waals surface area contributed by atoms with Crippen LogP contribution in [-0.4, -0.2) is 72.5 Å². The summed E-state index contributed by atoms with van der Waals surface area (Å²) < 4.78 is 17.9. The number of aliphatic imine (C=N–C) groups is 2. The monoisotopic (exact) mass is 655 g/mol. The van der Waals surface area contributed by atoms with Crippen LogP contribution in [0.1, 0.15) is 48.5 Å². The number of nitrogens with two attached hydrogens (primary N) is 1. The van der Waals surface area contributed by atoms with Crippen molar-refractivity contribution in [1.82, 2.24) is 9.80 Å². The number of fused-ring (bicyclic) bond motifs is 6. The second kappa shape index (κ2) is 12.5. The Morgan fingerprint density at radius 2 is 1.20 bits per heavy atom. The summed E-state index contributed by atoms with van der Waals surface area (Å²) in [5.41, 5.74) is 14.2. The Hall–Kier alpha value is -5.48. The molecule has 0 saturated heterocycles. The number of amides is 2. The first kappa shape index (κ1) is 30.8. The van der Waals surface area contributed by atoms with Gasteiger partial charge < -0.3 is 29.7 Å². The van der Waals surface area contributed by atoms with E-state index in [1.165, 1.54) is 16.7 Å². The first-order valence-corrected chi connectivity index (χ1v) is 16.6. The molecule has 2 amide bonds. The minimum absolute atomic E-state index is 0.0338. The molecule has 10 heteroatoms. The van der Waals surface area contributed by atoms with Crippen molar-refractivity contribution in [3.8, 4) is 17.2 Å². The van der Waals surface area contributed by atoms with E-state index in [-0.39, 0.29) is 37.1 Å². The summed E-state index contributed by atoms with van der Waals surface area (Å²) in [5.74, 6) is 1.35. The Morgan fingerprint density at radius 3 is 1.76 bits per heavy atom. The fourth-order valence-electron chi connectivity index (χ4n) is 7.10. The molecule has 0 radical (unpaired) electrons. The Labute approximate surface area is 284 Å². The Balaban J connectivity index is 0.941. The molecule has 248 valence electrons. The van der Waals surface area contributed by atoms with Crippen LogP contribution in [0.25, 0.3) is 0 Å². The van der Waals surface area contributed by atoms with Gasteiger partial charge in [0.2, 0.25) is 0 Å². The van der Waals surface area contributed by atoms with E-state index in [0.717, 1.165) is 24.0 Å². The number of carbonyl (C=O) groups is 2. The van der Waals surface area contributed by atoms with Crippen molar-refractivity contribution in [3.05, 3.63) is 112 Å². The summed E-state index contributed by atoms with van der Waals surface area (Å²) in [6, 6.07) is 22.8. The molecular formula is C39H37N5O5. The van der Waals surface area contributed by atoms with Crippen molar-refractivity contribution in [1.29, 1.82) is 0 Å². The lowest BCUT2D eigenvalue weighted by Gasteiger charge is -2.34. The third-order valence-corrected chi connectivity index (χ3v) is 9.81. The van der Waals surface area contributed by atoms with Gasteiger partial charge in [0.25, 0.3) is 11.8 Å². The summed E-state index contributed by atoms with van der Waals surface area (Å²) >= 11 is 0. The fourth-order valence-corrected chi connectivity index (χ4v) is 7.10. The van der Waals surface area contributed by atoms with Crippen LogP contribution in [0.2, 0.25) is 0 Å². The van der Waals surface area contributed by atoms with E-state index in [1.807, 2.05) is 65.6 Å². The molecule has 8 rings (SSSR count). The normalized spacial score (nSPS) is 19.3. The molecule has 0 bridgehead atoms. The Kier molecular flexibility index (Phi) is 7.88. The molecule has 0 spiro atoms. The molecule has 2 N–H and O–H groups in total. The van der Waals surface area contributed by atoms with Crippen molar-refractivity contribution < 1.29 is 23.8 Å². The Bertz CT molecular complexity index is 2040. The standard InChI is InChI=1S/C39H37N5O5/c1-23-11-31-33(41-17-29-12-24-7-3-5-9-26(24)19-43(29)38(31)45)15-35(23)48-21-28(40)22-49-37-16-34-32(14-36(37)47-2)39(46)44-20-27-10-6-4-8-25(27)13-30(44)18-42-34/h3-11,14-18,28-30H,12-13,19-22,40H2,1-2H3/t28?,29-,30-/m0/s1. The van der Waals surface area contributed by atoms with E-state index in [1.54, 1.807) is 19.2 Å². The zero-order valence-electron chi connectivity index (χ0n) is 27.5. The van der Waals surface area contributed by atoms with E-state index in [2.05, 4.69) is 24.3 Å². The third-order valence-electron chi connectivity index (χ3n) is 9.81. The molecule has 49 heavy (non-hydrogen) atoms. The maximum Gasteiger partial charge on any atom is 0.257 e. The zero-order chi connectivity index (χ0) is 33.6. The predicted molar refractivity (Wildman–Crippen MR) is 187 cm³/mol. The second-order valence-electron chi connectivity index (χ2n) is 13.0. The van der Waals surface area contributed by atoms with E-state index in [9.17, 15) is 9.59 Å². The Morgan fingerprint density at radius 1 is 0.714 bits per heavy atom. The first-order valence-electron chi connectivity index (χ1n) is 16.6. The van der Waals surface area contributed by atoms with Crippen molar-refractivity contribution in [3.63, 3.8) is 0 Å². The average Bonchev–Trinajstić information content (AvgIpc) is 3.34. The van der Waals surface area contributed by atoms with Gasteiger partial charge in [-0.15, -0.1) is 0 Å². The lowest BCUT2D eigenvalue weighted by atomic mass is 9.94. The van der Waals surface area contributed by atoms with Gasteiger partial charge in [-0.25, -0.2) is 0 Å². The molecule has 4 aliphatic heterocycles. The van der Waals surface area contributed by atoms with Gasteiger partial charge in [-0.3, -0.25) is 19.6 Å². The minimum atomic E-state index is -0.489. The predicted octanol–water partition coefficient (Wildman–Crippen LogP) is 5.35. The lowest BCUT2D eigenvalue weighted by Crippen LogP contribution is -2.44. The number of methoxy groups -OCH3 is 1. The van der Waals surface area contributed by atoms with Crippen molar-refractivity contribution >= 4 is 35.6 Å². The molecule has 0 aliphatic carbocycles. The molecule has 0 fully saturated rings. The van der Waals surface area contributed by atoms with Gasteiger partial charge in [0.15, 0.2) is 11.5 Å². The summed E-state index contributed by atoms with van der Waals surface area (Å²) in [4.78, 5) is 40.5. The molecule has 4 heterocycles. The second-order valence-corrected chi connectivity index (χ2v) is 13.0. The molecule has 1 unspecified atom stereocenters. The van der Waals surface area contributed by atoms with E-state index < -0.39 is 6.04 Å².